The van der Waals surface area contributed by atoms with E-state index in [9.17, 15) is 20.3 Å². The van der Waals surface area contributed by atoms with Gasteiger partial charge in [-0.1, -0.05) is 29.8 Å². The fraction of sp³-hybridized carbons (Fsp3) is 0.182. The van der Waals surface area contributed by atoms with Crippen molar-refractivity contribution in [2.75, 3.05) is 19.8 Å². The third-order valence-electron chi connectivity index (χ3n) is 7.14. The monoisotopic (exact) mass is 639 g/mol. The van der Waals surface area contributed by atoms with Gasteiger partial charge in [-0.15, -0.1) is 0 Å². The van der Waals surface area contributed by atoms with Gasteiger partial charge in [-0.3, -0.25) is 15.1 Å². The number of benzene rings is 3. The number of nitrogens with zero attached hydrogens (tertiary/aromatic N) is 4. The van der Waals surface area contributed by atoms with E-state index < -0.39 is 18.6 Å². The topological polar surface area (TPSA) is 169 Å². The molecule has 0 saturated heterocycles. The van der Waals surface area contributed by atoms with Gasteiger partial charge in [-0.2, -0.15) is 5.26 Å². The molecule has 3 N–H and O–H groups in total. The van der Waals surface area contributed by atoms with Crippen LogP contribution in [0.2, 0.25) is 5.02 Å². The number of aromatic nitrogens is 3. The maximum atomic E-state index is 11.5. The number of carbonyl (C=O) groups is 1. The van der Waals surface area contributed by atoms with E-state index in [1.54, 1.807) is 24.4 Å². The molecule has 13 heteroatoms. The number of hydrogen-bond acceptors (Lipinski definition) is 11. The van der Waals surface area contributed by atoms with Gasteiger partial charge in [0.05, 0.1) is 28.1 Å². The molecule has 0 amide bonds. The van der Waals surface area contributed by atoms with Gasteiger partial charge in [0.25, 0.3) is 0 Å². The standard InChI is InChI=1S/C33H26ClN5O7/c34-25-9-22(15-37-26(16-40)33(41)42)28(45-17-20-8-19(12-35)13-36-14-20)11-29(25)46-32-24-3-1-2-23(31(24)38-18-39-32)21-4-5-27-30(10-21)44-7-6-43-27/h1-5,8-11,13-14,18,26,37,40H,6-7,15-17H2,(H,41,42)/t26-/m1/s1. The quantitative estimate of drug-likeness (QED) is 0.179. The summed E-state index contributed by atoms with van der Waals surface area (Å²) in [4.78, 5) is 24.4. The lowest BCUT2D eigenvalue weighted by Gasteiger charge is -2.19. The molecule has 3 aromatic carbocycles. The summed E-state index contributed by atoms with van der Waals surface area (Å²) in [6.45, 7) is 0.422. The van der Waals surface area contributed by atoms with Gasteiger partial charge in [-0.05, 0) is 35.9 Å². The lowest BCUT2D eigenvalue weighted by molar-refractivity contribution is -0.140. The molecule has 1 aliphatic heterocycles. The molecule has 232 valence electrons. The molecule has 46 heavy (non-hydrogen) atoms. The number of carboxylic acids is 1. The Kier molecular flexibility index (Phi) is 9.07. The van der Waals surface area contributed by atoms with Crippen LogP contribution in [0.5, 0.6) is 28.9 Å². The minimum Gasteiger partial charge on any atom is -0.488 e. The smallest absolute Gasteiger partial charge is 0.323 e. The van der Waals surface area contributed by atoms with Crippen molar-refractivity contribution in [2.24, 2.45) is 0 Å². The minimum absolute atomic E-state index is 0.0126. The Balaban J connectivity index is 1.33. The molecule has 0 aliphatic carbocycles. The lowest BCUT2D eigenvalue weighted by Crippen LogP contribution is -2.39. The number of carboxylic acid groups (broad SMARTS) is 1. The van der Waals surface area contributed by atoms with Gasteiger partial charge in [0.1, 0.15) is 44.0 Å². The number of hydrogen-bond donors (Lipinski definition) is 3. The van der Waals surface area contributed by atoms with Crippen LogP contribution in [-0.4, -0.2) is 57.0 Å². The summed E-state index contributed by atoms with van der Waals surface area (Å²) in [5.74, 6) is 0.938. The van der Waals surface area contributed by atoms with Crippen molar-refractivity contribution in [1.29, 1.82) is 5.26 Å². The Bertz CT molecular complexity index is 1970. The first-order valence-electron chi connectivity index (χ1n) is 14.1. The summed E-state index contributed by atoms with van der Waals surface area (Å²) in [6, 6.07) is 17.0. The van der Waals surface area contributed by atoms with E-state index in [0.29, 0.717) is 58.1 Å². The van der Waals surface area contributed by atoms with Crippen LogP contribution in [0.25, 0.3) is 22.0 Å². The SMILES string of the molecule is N#Cc1cncc(COc2cc(Oc3ncnc4c(-c5ccc6c(c5)OCCO6)cccc34)c(Cl)cc2CN[C@H](CO)C(=O)O)c1. The number of nitriles is 1. The predicted octanol–water partition coefficient (Wildman–Crippen LogP) is 4.89. The molecular weight excluding hydrogens is 614 g/mol. The van der Waals surface area contributed by atoms with Gasteiger partial charge in [0.2, 0.25) is 5.88 Å². The normalized spacial score (nSPS) is 12.7. The summed E-state index contributed by atoms with van der Waals surface area (Å²) < 4.78 is 23.8. The molecule has 1 atom stereocenters. The molecule has 0 saturated carbocycles. The van der Waals surface area contributed by atoms with Crippen LogP contribution in [0.4, 0.5) is 0 Å². The molecule has 0 unspecified atom stereocenters. The van der Waals surface area contributed by atoms with Crippen molar-refractivity contribution in [2.45, 2.75) is 19.2 Å². The summed E-state index contributed by atoms with van der Waals surface area (Å²) >= 11 is 6.68. The maximum absolute atomic E-state index is 11.5. The van der Waals surface area contributed by atoms with Gasteiger partial charge in [0.15, 0.2) is 17.2 Å². The van der Waals surface area contributed by atoms with Gasteiger partial charge >= 0.3 is 5.97 Å². The Morgan fingerprint density at radius 1 is 1.07 bits per heavy atom. The van der Waals surface area contributed by atoms with E-state index >= 15 is 0 Å². The van der Waals surface area contributed by atoms with Crippen LogP contribution in [0.15, 0.2) is 73.3 Å². The molecule has 6 rings (SSSR count). The molecule has 0 fully saturated rings. The van der Waals surface area contributed by atoms with Crippen molar-refractivity contribution in [3.63, 3.8) is 0 Å². The van der Waals surface area contributed by atoms with E-state index in [2.05, 4.69) is 20.3 Å². The third-order valence-corrected chi connectivity index (χ3v) is 7.44. The first-order chi connectivity index (χ1) is 22.4. The Labute approximate surface area is 267 Å². The third kappa shape index (κ3) is 6.62. The highest BCUT2D eigenvalue weighted by Gasteiger charge is 2.20. The van der Waals surface area contributed by atoms with Gasteiger partial charge in [0, 0.05) is 41.7 Å². The summed E-state index contributed by atoms with van der Waals surface area (Å²) in [6.07, 6.45) is 4.42. The number of fused-ring (bicyclic) bond motifs is 2. The van der Waals surface area contributed by atoms with Crippen LogP contribution >= 0.6 is 11.6 Å². The number of aliphatic hydroxyl groups is 1. The molecule has 12 nitrogen and oxygen atoms in total. The number of para-hydroxylation sites is 1. The van der Waals surface area contributed by atoms with Crippen molar-refractivity contribution in [1.82, 2.24) is 20.3 Å². The molecule has 0 radical (unpaired) electrons. The Morgan fingerprint density at radius 2 is 1.91 bits per heavy atom. The van der Waals surface area contributed by atoms with Crippen molar-refractivity contribution in [3.8, 4) is 46.1 Å². The lowest BCUT2D eigenvalue weighted by atomic mass is 10.0. The fourth-order valence-corrected chi connectivity index (χ4v) is 5.10. The summed E-state index contributed by atoms with van der Waals surface area (Å²) in [5.41, 5.74) is 3.89. The Morgan fingerprint density at radius 3 is 2.72 bits per heavy atom. The largest absolute Gasteiger partial charge is 0.488 e. The number of halogens is 1. The van der Waals surface area contributed by atoms with Crippen molar-refractivity contribution >= 4 is 28.5 Å². The second-order valence-electron chi connectivity index (χ2n) is 10.2. The molecule has 2 aromatic heterocycles. The number of nitrogens with one attached hydrogen (secondary N) is 1. The first kappa shape index (κ1) is 30.5. The van der Waals surface area contributed by atoms with Crippen molar-refractivity contribution in [3.05, 3.63) is 95.0 Å². The van der Waals surface area contributed by atoms with Crippen LogP contribution in [0.1, 0.15) is 16.7 Å². The fourth-order valence-electron chi connectivity index (χ4n) is 4.87. The molecule has 5 aromatic rings. The molecule has 0 spiro atoms. The van der Waals surface area contributed by atoms with Crippen LogP contribution in [0.3, 0.4) is 0 Å². The van der Waals surface area contributed by atoms with Crippen molar-refractivity contribution < 1.29 is 34.0 Å². The molecule has 1 aliphatic rings. The number of rotatable bonds is 11. The maximum Gasteiger partial charge on any atom is 0.323 e. The average Bonchev–Trinajstić information content (AvgIpc) is 3.08. The molecule has 3 heterocycles. The zero-order valence-electron chi connectivity index (χ0n) is 24.1. The van der Waals surface area contributed by atoms with E-state index in [1.165, 1.54) is 12.5 Å². The highest BCUT2D eigenvalue weighted by atomic mass is 35.5. The first-order valence-corrected chi connectivity index (χ1v) is 14.5. The Hall–Kier alpha value is -5.48. The second kappa shape index (κ2) is 13.7. The van der Waals surface area contributed by atoms with Crippen LogP contribution in [-0.2, 0) is 17.9 Å². The number of pyridine rings is 1. The number of ether oxygens (including phenoxy) is 4. The van der Waals surface area contributed by atoms with Crippen LogP contribution in [0, 0.1) is 11.3 Å². The van der Waals surface area contributed by atoms with E-state index in [1.807, 2.05) is 42.5 Å². The highest BCUT2D eigenvalue weighted by Crippen LogP contribution is 2.40. The summed E-state index contributed by atoms with van der Waals surface area (Å²) in [7, 11) is 0. The predicted molar refractivity (Wildman–Crippen MR) is 166 cm³/mol. The van der Waals surface area contributed by atoms with E-state index in [0.717, 1.165) is 11.1 Å². The van der Waals surface area contributed by atoms with Gasteiger partial charge < -0.3 is 29.2 Å². The average molecular weight is 640 g/mol. The van der Waals surface area contributed by atoms with Gasteiger partial charge in [-0.25, -0.2) is 9.97 Å². The molecule has 0 bridgehead atoms. The van der Waals surface area contributed by atoms with E-state index in [4.69, 9.17) is 30.5 Å². The highest BCUT2D eigenvalue weighted by molar-refractivity contribution is 6.32. The minimum atomic E-state index is -1.21. The summed E-state index contributed by atoms with van der Waals surface area (Å²) in [5, 5.41) is 31.7. The van der Waals surface area contributed by atoms with Crippen LogP contribution < -0.4 is 24.3 Å². The van der Waals surface area contributed by atoms with E-state index in [-0.39, 0.29) is 29.8 Å². The second-order valence-corrected chi connectivity index (χ2v) is 10.6. The zero-order chi connectivity index (χ0) is 32.0. The number of aliphatic carboxylic acids is 1. The molecular formula is C33H26ClN5O7. The number of aliphatic hydroxyl groups excluding tert-OH is 1. The zero-order valence-corrected chi connectivity index (χ0v) is 24.9.